The minimum atomic E-state index is -0.549. The van der Waals surface area contributed by atoms with E-state index in [2.05, 4.69) is 12.6 Å². The number of hydrogen-bond acceptors (Lipinski definition) is 2. The molecule has 0 unspecified atom stereocenters. The molecule has 0 fully saturated rings. The van der Waals surface area contributed by atoms with Gasteiger partial charge in [0.1, 0.15) is 0 Å². The number of rotatable bonds is 3. The summed E-state index contributed by atoms with van der Waals surface area (Å²) in [6.45, 7) is 0. The number of thiol groups is 1. The molecule has 1 rings (SSSR count). The van der Waals surface area contributed by atoms with Gasteiger partial charge in [-0.2, -0.15) is 12.6 Å². The average molecular weight is 186 g/mol. The van der Waals surface area contributed by atoms with Crippen molar-refractivity contribution in [2.75, 3.05) is 5.75 Å². The van der Waals surface area contributed by atoms with Crippen molar-refractivity contribution in [2.24, 2.45) is 0 Å². The first-order chi connectivity index (χ1) is 5.74. The number of phenolic OH excluding ortho intramolecular Hbond substituents is 1. The number of phenols is 1. The molecule has 0 radical (unpaired) electrons. The van der Waals surface area contributed by atoms with Crippen LogP contribution in [0.1, 0.15) is 12.0 Å². The zero-order chi connectivity index (χ0) is 8.97. The highest BCUT2D eigenvalue weighted by Crippen LogP contribution is 2.16. The first kappa shape index (κ1) is 9.39. The summed E-state index contributed by atoms with van der Waals surface area (Å²) in [5, 5.41) is 8.88. The van der Waals surface area contributed by atoms with Crippen molar-refractivity contribution < 1.29 is 9.50 Å². The van der Waals surface area contributed by atoms with Gasteiger partial charge in [-0.3, -0.25) is 0 Å². The second-order valence-corrected chi connectivity index (χ2v) is 3.06. The Balaban J connectivity index is 2.69. The lowest BCUT2D eigenvalue weighted by atomic mass is 10.1. The van der Waals surface area contributed by atoms with E-state index in [0.29, 0.717) is 0 Å². The molecule has 0 amide bonds. The van der Waals surface area contributed by atoms with Gasteiger partial charge in [0, 0.05) is 0 Å². The Labute approximate surface area is 76.6 Å². The molecule has 1 aromatic rings. The second-order valence-electron chi connectivity index (χ2n) is 2.61. The van der Waals surface area contributed by atoms with Gasteiger partial charge in [0.15, 0.2) is 11.6 Å². The van der Waals surface area contributed by atoms with Gasteiger partial charge in [-0.1, -0.05) is 6.07 Å². The minimum absolute atomic E-state index is 0.287. The van der Waals surface area contributed by atoms with Crippen molar-refractivity contribution in [1.82, 2.24) is 0 Å². The Hall–Kier alpha value is -0.700. The predicted octanol–water partition coefficient (Wildman–Crippen LogP) is 2.39. The normalized spacial score (nSPS) is 10.2. The average Bonchev–Trinajstić information content (AvgIpc) is 2.07. The third kappa shape index (κ3) is 2.41. The first-order valence-electron chi connectivity index (χ1n) is 3.82. The van der Waals surface area contributed by atoms with Gasteiger partial charge < -0.3 is 5.11 Å². The molecule has 0 bridgehead atoms. The Bertz CT molecular complexity index is 263. The van der Waals surface area contributed by atoms with Crippen LogP contribution in [0.5, 0.6) is 5.75 Å². The Morgan fingerprint density at radius 1 is 1.42 bits per heavy atom. The largest absolute Gasteiger partial charge is 0.505 e. The maximum absolute atomic E-state index is 12.7. The van der Waals surface area contributed by atoms with E-state index < -0.39 is 5.82 Å². The summed E-state index contributed by atoms with van der Waals surface area (Å²) >= 11 is 4.05. The summed E-state index contributed by atoms with van der Waals surface area (Å²) in [7, 11) is 0. The lowest BCUT2D eigenvalue weighted by Gasteiger charge is -2.00. The highest BCUT2D eigenvalue weighted by Gasteiger charge is 2.00. The molecular formula is C9H11FOS. The molecule has 0 heterocycles. The van der Waals surface area contributed by atoms with Crippen molar-refractivity contribution in [2.45, 2.75) is 12.8 Å². The van der Waals surface area contributed by atoms with Crippen LogP contribution < -0.4 is 0 Å². The summed E-state index contributed by atoms with van der Waals surface area (Å²) in [5.41, 5.74) is 0.902. The van der Waals surface area contributed by atoms with E-state index in [1.807, 2.05) is 0 Å². The minimum Gasteiger partial charge on any atom is -0.505 e. The Morgan fingerprint density at radius 2 is 2.17 bits per heavy atom. The fourth-order valence-electron chi connectivity index (χ4n) is 0.989. The van der Waals surface area contributed by atoms with Crippen LogP contribution in [0.4, 0.5) is 4.39 Å². The van der Waals surface area contributed by atoms with Gasteiger partial charge in [0.25, 0.3) is 0 Å². The third-order valence-electron chi connectivity index (χ3n) is 1.64. The molecule has 66 valence electrons. The molecule has 0 atom stereocenters. The van der Waals surface area contributed by atoms with Crippen LogP contribution in [-0.2, 0) is 6.42 Å². The summed E-state index contributed by atoms with van der Waals surface area (Å²) < 4.78 is 12.7. The summed E-state index contributed by atoms with van der Waals surface area (Å²) in [5.74, 6) is -0.0426. The molecule has 0 spiro atoms. The number of halogens is 1. The molecule has 1 nitrogen and oxygen atoms in total. The van der Waals surface area contributed by atoms with Crippen molar-refractivity contribution >= 4 is 12.6 Å². The van der Waals surface area contributed by atoms with Gasteiger partial charge in [-0.05, 0) is 36.3 Å². The maximum atomic E-state index is 12.7. The van der Waals surface area contributed by atoms with Crippen molar-refractivity contribution in [3.8, 4) is 5.75 Å². The van der Waals surface area contributed by atoms with Gasteiger partial charge in [-0.25, -0.2) is 4.39 Å². The smallest absolute Gasteiger partial charge is 0.165 e. The fourth-order valence-corrected chi connectivity index (χ4v) is 1.15. The van der Waals surface area contributed by atoms with Gasteiger partial charge in [0.2, 0.25) is 0 Å². The van der Waals surface area contributed by atoms with Crippen LogP contribution in [0.2, 0.25) is 0 Å². The van der Waals surface area contributed by atoms with Crippen molar-refractivity contribution in [3.05, 3.63) is 29.6 Å². The summed E-state index contributed by atoms with van der Waals surface area (Å²) in [6.07, 6.45) is 1.73. The zero-order valence-electron chi connectivity index (χ0n) is 6.63. The Morgan fingerprint density at radius 3 is 2.75 bits per heavy atom. The van der Waals surface area contributed by atoms with E-state index >= 15 is 0 Å². The van der Waals surface area contributed by atoms with Crippen LogP contribution in [0.3, 0.4) is 0 Å². The highest BCUT2D eigenvalue weighted by molar-refractivity contribution is 7.80. The molecule has 0 aromatic heterocycles. The number of aromatic hydroxyl groups is 1. The third-order valence-corrected chi connectivity index (χ3v) is 1.95. The lowest BCUT2D eigenvalue weighted by Crippen LogP contribution is -1.87. The molecule has 1 aromatic carbocycles. The molecule has 0 saturated carbocycles. The van der Waals surface area contributed by atoms with Crippen LogP contribution in [0.15, 0.2) is 18.2 Å². The van der Waals surface area contributed by atoms with Crippen LogP contribution in [0, 0.1) is 5.82 Å². The summed E-state index contributed by atoms with van der Waals surface area (Å²) in [4.78, 5) is 0. The maximum Gasteiger partial charge on any atom is 0.165 e. The number of hydrogen-bond donors (Lipinski definition) is 2. The van der Waals surface area contributed by atoms with Crippen LogP contribution in [0.25, 0.3) is 0 Å². The van der Waals surface area contributed by atoms with E-state index in [1.165, 1.54) is 12.1 Å². The molecule has 0 aliphatic carbocycles. The molecule has 0 aliphatic rings. The Kier molecular flexibility index (Phi) is 3.41. The molecule has 12 heavy (non-hydrogen) atoms. The number of benzene rings is 1. The molecule has 0 saturated heterocycles. The molecule has 3 heteroatoms. The van der Waals surface area contributed by atoms with E-state index in [0.717, 1.165) is 24.2 Å². The van der Waals surface area contributed by atoms with Gasteiger partial charge in [-0.15, -0.1) is 0 Å². The fraction of sp³-hybridized carbons (Fsp3) is 0.333. The monoisotopic (exact) mass is 186 g/mol. The second kappa shape index (κ2) is 4.36. The predicted molar refractivity (Wildman–Crippen MR) is 50.2 cm³/mol. The molecule has 1 N–H and O–H groups in total. The van der Waals surface area contributed by atoms with Crippen LogP contribution >= 0.6 is 12.6 Å². The summed E-state index contributed by atoms with van der Waals surface area (Å²) in [6, 6.07) is 4.46. The van der Waals surface area contributed by atoms with Crippen LogP contribution in [-0.4, -0.2) is 10.9 Å². The van der Waals surface area contributed by atoms with E-state index in [4.69, 9.17) is 5.11 Å². The topological polar surface area (TPSA) is 20.2 Å². The number of aryl methyl sites for hydroxylation is 1. The molecular weight excluding hydrogens is 175 g/mol. The van der Waals surface area contributed by atoms with E-state index in [-0.39, 0.29) is 5.75 Å². The van der Waals surface area contributed by atoms with Crippen molar-refractivity contribution in [1.29, 1.82) is 0 Å². The van der Waals surface area contributed by atoms with E-state index in [1.54, 1.807) is 6.07 Å². The molecule has 0 aliphatic heterocycles. The van der Waals surface area contributed by atoms with Crippen molar-refractivity contribution in [3.63, 3.8) is 0 Å². The standard InChI is InChI=1S/C9H11FOS/c10-8-6-7(2-1-5-12)3-4-9(8)11/h3-4,6,11-12H,1-2,5H2. The van der Waals surface area contributed by atoms with E-state index in [9.17, 15) is 4.39 Å². The highest BCUT2D eigenvalue weighted by atomic mass is 32.1. The van der Waals surface area contributed by atoms with Gasteiger partial charge >= 0.3 is 0 Å². The lowest BCUT2D eigenvalue weighted by molar-refractivity contribution is 0.432. The first-order valence-corrected chi connectivity index (χ1v) is 4.45. The van der Waals surface area contributed by atoms with Gasteiger partial charge in [0.05, 0.1) is 0 Å². The zero-order valence-corrected chi connectivity index (χ0v) is 7.52. The SMILES string of the molecule is Oc1ccc(CCCS)cc1F. The quantitative estimate of drug-likeness (QED) is 0.694.